The predicted molar refractivity (Wildman–Crippen MR) is 68.2 cm³/mol. The second kappa shape index (κ2) is 5.82. The number of rotatable bonds is 3. The van der Waals surface area contributed by atoms with Crippen LogP contribution < -0.4 is 0 Å². The van der Waals surface area contributed by atoms with Gasteiger partial charge in [0.1, 0.15) is 11.4 Å². The number of halogens is 2. The third-order valence-electron chi connectivity index (χ3n) is 2.49. The summed E-state index contributed by atoms with van der Waals surface area (Å²) < 4.78 is 25.6. The van der Waals surface area contributed by atoms with Crippen LogP contribution in [0, 0.1) is 0 Å². The van der Waals surface area contributed by atoms with E-state index in [9.17, 15) is 8.96 Å². The maximum absolute atomic E-state index is 12.8. The van der Waals surface area contributed by atoms with Gasteiger partial charge in [-0.1, -0.05) is 80.1 Å². The molecule has 0 bridgehead atoms. The topological polar surface area (TPSA) is 24.7 Å². The van der Waals surface area contributed by atoms with Gasteiger partial charge in [0.05, 0.1) is 0 Å². The second-order valence-corrected chi connectivity index (χ2v) is 3.60. The number of benzene rings is 2. The Morgan fingerprint density at radius 2 is 0.944 bits per heavy atom. The van der Waals surface area contributed by atoms with Crippen molar-refractivity contribution in [3.8, 4) is 0 Å². The predicted octanol–water partition coefficient (Wildman–Crippen LogP) is 3.73. The van der Waals surface area contributed by atoms with Crippen molar-refractivity contribution in [2.24, 2.45) is 10.4 Å². The Labute approximate surface area is 103 Å². The smallest absolute Gasteiger partial charge is 0.0846 e. The molecule has 0 N–H and O–H groups in total. The van der Waals surface area contributed by atoms with Crippen LogP contribution in [-0.2, 0) is 0 Å². The molecule has 18 heavy (non-hydrogen) atoms. The van der Waals surface area contributed by atoms with Crippen molar-refractivity contribution in [1.82, 2.24) is 0 Å². The highest BCUT2D eigenvalue weighted by molar-refractivity contribution is 6.53. The molecule has 0 saturated carbocycles. The zero-order chi connectivity index (χ0) is 12.8. The molecule has 0 aliphatic heterocycles. The van der Waals surface area contributed by atoms with Gasteiger partial charge in [0, 0.05) is 11.1 Å². The third kappa shape index (κ3) is 2.48. The maximum Gasteiger partial charge on any atom is 0.132 e. The molecular weight excluding hydrogens is 234 g/mol. The van der Waals surface area contributed by atoms with E-state index in [1.54, 1.807) is 60.7 Å². The Bertz CT molecular complexity index is 509. The van der Waals surface area contributed by atoms with E-state index in [0.29, 0.717) is 11.1 Å². The Morgan fingerprint density at radius 3 is 1.22 bits per heavy atom. The molecule has 0 amide bonds. The quantitative estimate of drug-likeness (QED) is 0.735. The van der Waals surface area contributed by atoms with Crippen molar-refractivity contribution in [3.05, 3.63) is 71.8 Å². The van der Waals surface area contributed by atoms with Crippen LogP contribution in [0.1, 0.15) is 11.1 Å². The minimum Gasteiger partial charge on any atom is -0.0846 e. The summed E-state index contributed by atoms with van der Waals surface area (Å²) in [5.41, 5.74) is 0.703. The molecule has 0 unspecified atom stereocenters. The van der Waals surface area contributed by atoms with E-state index in [0.717, 1.165) is 0 Å². The van der Waals surface area contributed by atoms with Gasteiger partial charge < -0.3 is 0 Å². The van der Waals surface area contributed by atoms with Crippen LogP contribution in [0.4, 0.5) is 8.96 Å². The lowest BCUT2D eigenvalue weighted by Gasteiger charge is -2.06. The lowest BCUT2D eigenvalue weighted by atomic mass is 10.0. The molecule has 0 spiro atoms. The molecule has 2 nitrogen and oxygen atoms in total. The maximum atomic E-state index is 12.8. The van der Waals surface area contributed by atoms with E-state index in [1.807, 2.05) is 0 Å². The first-order chi connectivity index (χ1) is 8.86. The average Bonchev–Trinajstić information content (AvgIpc) is 2.46. The van der Waals surface area contributed by atoms with Crippen molar-refractivity contribution in [3.63, 3.8) is 0 Å². The van der Waals surface area contributed by atoms with Crippen LogP contribution in [0.3, 0.4) is 0 Å². The van der Waals surface area contributed by atoms with Crippen LogP contribution >= 0.6 is 0 Å². The summed E-state index contributed by atoms with van der Waals surface area (Å²) in [7, 11) is 0. The van der Waals surface area contributed by atoms with Gasteiger partial charge in [0.25, 0.3) is 0 Å². The lowest BCUT2D eigenvalue weighted by molar-refractivity contribution is 0.531. The van der Waals surface area contributed by atoms with Gasteiger partial charge in [0.15, 0.2) is 0 Å². The third-order valence-corrected chi connectivity index (χ3v) is 2.49. The standard InChI is InChI=1S/C14H10F2N2/c15-17-13(11-7-3-1-4-8-11)14(18-16)12-9-5-2-6-10-12/h1-10H/b17-13-,18-14-. The Morgan fingerprint density at radius 1 is 0.611 bits per heavy atom. The zero-order valence-electron chi connectivity index (χ0n) is 9.42. The number of hydrogen-bond acceptors (Lipinski definition) is 2. The van der Waals surface area contributed by atoms with E-state index in [-0.39, 0.29) is 11.4 Å². The molecule has 0 atom stereocenters. The minimum atomic E-state index is -0.121. The van der Waals surface area contributed by atoms with Crippen LogP contribution in [0.25, 0.3) is 0 Å². The SMILES string of the molecule is F/N=C(\C(=N/F)c1ccccc1)c1ccccc1. The van der Waals surface area contributed by atoms with Gasteiger partial charge in [-0.2, -0.15) is 0 Å². The molecule has 4 heteroatoms. The van der Waals surface area contributed by atoms with Crippen LogP contribution in [-0.4, -0.2) is 11.4 Å². The molecule has 90 valence electrons. The zero-order valence-corrected chi connectivity index (χ0v) is 9.42. The molecule has 0 aliphatic rings. The van der Waals surface area contributed by atoms with Crippen molar-refractivity contribution >= 4 is 11.4 Å². The molecule has 0 saturated heterocycles. The van der Waals surface area contributed by atoms with Crippen LogP contribution in [0.2, 0.25) is 0 Å². The summed E-state index contributed by atoms with van der Waals surface area (Å²) in [6.07, 6.45) is 0. The second-order valence-electron chi connectivity index (χ2n) is 3.60. The van der Waals surface area contributed by atoms with Gasteiger partial charge in [-0.15, -0.1) is 0 Å². The summed E-state index contributed by atoms with van der Waals surface area (Å²) in [6.45, 7) is 0. The highest BCUT2D eigenvalue weighted by Crippen LogP contribution is 2.11. The Balaban J connectivity index is 2.45. The molecule has 0 aliphatic carbocycles. The summed E-state index contributed by atoms with van der Waals surface area (Å²) in [6, 6.07) is 17.0. The lowest BCUT2D eigenvalue weighted by Crippen LogP contribution is -2.16. The minimum absolute atomic E-state index is 0.121. The van der Waals surface area contributed by atoms with Crippen molar-refractivity contribution < 1.29 is 8.96 Å². The van der Waals surface area contributed by atoms with Gasteiger partial charge in [-0.05, 0) is 0 Å². The highest BCUT2D eigenvalue weighted by Gasteiger charge is 2.15. The molecule has 0 radical (unpaired) electrons. The van der Waals surface area contributed by atoms with E-state index >= 15 is 0 Å². The Hall–Kier alpha value is -2.36. The fourth-order valence-corrected chi connectivity index (χ4v) is 1.64. The fourth-order valence-electron chi connectivity index (χ4n) is 1.64. The van der Waals surface area contributed by atoms with Gasteiger partial charge in [-0.3, -0.25) is 0 Å². The largest absolute Gasteiger partial charge is 0.132 e. The average molecular weight is 244 g/mol. The van der Waals surface area contributed by atoms with Gasteiger partial charge in [-0.25, -0.2) is 0 Å². The number of hydrogen-bond donors (Lipinski definition) is 0. The highest BCUT2D eigenvalue weighted by atomic mass is 19.2. The molecule has 0 heterocycles. The first-order valence-corrected chi connectivity index (χ1v) is 5.36. The molecule has 2 aromatic carbocycles. The van der Waals surface area contributed by atoms with Crippen molar-refractivity contribution in [2.75, 3.05) is 0 Å². The summed E-state index contributed by atoms with van der Waals surface area (Å²) >= 11 is 0. The van der Waals surface area contributed by atoms with Crippen molar-refractivity contribution in [1.29, 1.82) is 0 Å². The van der Waals surface area contributed by atoms with E-state index < -0.39 is 0 Å². The van der Waals surface area contributed by atoms with E-state index in [1.165, 1.54) is 0 Å². The van der Waals surface area contributed by atoms with Crippen LogP contribution in [0.5, 0.6) is 0 Å². The number of nitrogens with zero attached hydrogens (tertiary/aromatic N) is 2. The van der Waals surface area contributed by atoms with E-state index in [2.05, 4.69) is 10.4 Å². The molecule has 2 aromatic rings. The summed E-state index contributed by atoms with van der Waals surface area (Å²) in [5.74, 6) is 0. The fraction of sp³-hybridized carbons (Fsp3) is 0. The molecule has 0 aromatic heterocycles. The van der Waals surface area contributed by atoms with Crippen molar-refractivity contribution in [2.45, 2.75) is 0 Å². The van der Waals surface area contributed by atoms with Gasteiger partial charge in [0.2, 0.25) is 0 Å². The Kier molecular flexibility index (Phi) is 3.91. The summed E-state index contributed by atoms with van der Waals surface area (Å²) in [4.78, 5) is 0. The molecular formula is C14H10F2N2. The monoisotopic (exact) mass is 244 g/mol. The van der Waals surface area contributed by atoms with Gasteiger partial charge >= 0.3 is 0 Å². The normalized spacial score (nSPS) is 12.6. The molecule has 2 rings (SSSR count). The summed E-state index contributed by atoms with van der Waals surface area (Å²) in [5, 5.41) is 5.30. The first kappa shape index (κ1) is 12.1. The molecule has 0 fully saturated rings. The van der Waals surface area contributed by atoms with Crippen LogP contribution in [0.15, 0.2) is 71.1 Å². The first-order valence-electron chi connectivity index (χ1n) is 5.36. The van der Waals surface area contributed by atoms with E-state index in [4.69, 9.17) is 0 Å².